The number of nitrogens with one attached hydrogen (secondary N) is 1. The van der Waals surface area contributed by atoms with Gasteiger partial charge in [-0.2, -0.15) is 0 Å². The molecule has 1 aromatic carbocycles. The molecule has 3 aromatic rings. The Labute approximate surface area is 166 Å². The first kappa shape index (κ1) is 18.2. The number of aromatic nitrogens is 2. The summed E-state index contributed by atoms with van der Waals surface area (Å²) >= 11 is 7.60. The van der Waals surface area contributed by atoms with E-state index in [2.05, 4.69) is 15.3 Å². The largest absolute Gasteiger partial charge is 0.458 e. The highest BCUT2D eigenvalue weighted by molar-refractivity contribution is 7.20. The number of hydrogen-bond donors (Lipinski definition) is 1. The van der Waals surface area contributed by atoms with Crippen LogP contribution in [0.3, 0.4) is 0 Å². The van der Waals surface area contributed by atoms with E-state index >= 15 is 0 Å². The molecule has 0 amide bonds. The van der Waals surface area contributed by atoms with E-state index in [4.69, 9.17) is 16.3 Å². The lowest BCUT2D eigenvalue weighted by Crippen LogP contribution is -2.20. The maximum atomic E-state index is 12.7. The van der Waals surface area contributed by atoms with Gasteiger partial charge in [-0.15, -0.1) is 11.3 Å². The van der Waals surface area contributed by atoms with Crippen molar-refractivity contribution < 1.29 is 9.53 Å². The number of aryl methyl sites for hydroxylation is 1. The number of para-hydroxylation sites is 1. The van der Waals surface area contributed by atoms with Crippen LogP contribution in [0, 0.1) is 6.92 Å². The van der Waals surface area contributed by atoms with E-state index in [9.17, 15) is 4.79 Å². The maximum Gasteiger partial charge on any atom is 0.348 e. The quantitative estimate of drug-likeness (QED) is 0.552. The van der Waals surface area contributed by atoms with E-state index in [1.807, 2.05) is 31.2 Å². The Balaban J connectivity index is 1.65. The van der Waals surface area contributed by atoms with E-state index in [1.165, 1.54) is 24.1 Å². The SMILES string of the molecule is Cc1c(C(=O)OC2CCCCC2)sc2ncnc(Nc3ccccc3Cl)c12. The number of rotatable bonds is 4. The van der Waals surface area contributed by atoms with Crippen LogP contribution >= 0.6 is 22.9 Å². The normalized spacial score (nSPS) is 15.0. The molecule has 7 heteroatoms. The van der Waals surface area contributed by atoms with Crippen LogP contribution in [0.5, 0.6) is 0 Å². The standard InChI is InChI=1S/C20H20ClN3O2S/c1-12-16-18(24-15-10-6-5-9-14(15)21)22-11-23-19(16)27-17(12)20(25)26-13-7-3-2-4-8-13/h5-6,9-11,13H,2-4,7-8H2,1H3,(H,22,23,24). The molecule has 0 unspecified atom stereocenters. The maximum absolute atomic E-state index is 12.7. The summed E-state index contributed by atoms with van der Waals surface area (Å²) in [7, 11) is 0. The fraction of sp³-hybridized carbons (Fsp3) is 0.350. The van der Waals surface area contributed by atoms with Crippen molar-refractivity contribution in [2.75, 3.05) is 5.32 Å². The third-order valence-corrected chi connectivity index (χ3v) is 6.37. The Bertz CT molecular complexity index is 983. The monoisotopic (exact) mass is 401 g/mol. The number of carbonyl (C=O) groups is 1. The molecule has 0 spiro atoms. The molecule has 27 heavy (non-hydrogen) atoms. The summed E-state index contributed by atoms with van der Waals surface area (Å²) < 4.78 is 5.75. The molecule has 4 rings (SSSR count). The second kappa shape index (κ2) is 7.82. The lowest BCUT2D eigenvalue weighted by Gasteiger charge is -2.21. The molecule has 2 aromatic heterocycles. The van der Waals surface area contributed by atoms with Gasteiger partial charge in [-0.25, -0.2) is 14.8 Å². The lowest BCUT2D eigenvalue weighted by atomic mass is 9.98. The van der Waals surface area contributed by atoms with E-state index in [1.54, 1.807) is 0 Å². The first-order valence-electron chi connectivity index (χ1n) is 9.10. The second-order valence-electron chi connectivity index (χ2n) is 6.73. The highest BCUT2D eigenvalue weighted by Crippen LogP contribution is 2.36. The molecule has 0 aliphatic heterocycles. The van der Waals surface area contributed by atoms with Gasteiger partial charge in [0.25, 0.3) is 0 Å². The van der Waals surface area contributed by atoms with Gasteiger partial charge in [0.2, 0.25) is 0 Å². The number of benzene rings is 1. The molecular formula is C20H20ClN3O2S. The van der Waals surface area contributed by atoms with Gasteiger partial charge < -0.3 is 10.1 Å². The van der Waals surface area contributed by atoms with Crippen molar-refractivity contribution in [2.24, 2.45) is 0 Å². The predicted octanol–water partition coefficient (Wildman–Crippen LogP) is 5.89. The molecule has 140 valence electrons. The Morgan fingerprint density at radius 2 is 2.00 bits per heavy atom. The first-order chi connectivity index (χ1) is 13.1. The zero-order valence-corrected chi connectivity index (χ0v) is 16.6. The third-order valence-electron chi connectivity index (χ3n) is 4.87. The zero-order valence-electron chi connectivity index (χ0n) is 15.0. The van der Waals surface area contributed by atoms with Crippen LogP contribution in [0.2, 0.25) is 5.02 Å². The molecule has 1 aliphatic rings. The number of carbonyl (C=O) groups excluding carboxylic acids is 1. The number of anilines is 2. The smallest absolute Gasteiger partial charge is 0.348 e. The number of fused-ring (bicyclic) bond motifs is 1. The van der Waals surface area contributed by atoms with Crippen molar-refractivity contribution in [1.29, 1.82) is 0 Å². The summed E-state index contributed by atoms with van der Waals surface area (Å²) in [5.74, 6) is 0.379. The summed E-state index contributed by atoms with van der Waals surface area (Å²) in [6.45, 7) is 1.91. The Kier molecular flexibility index (Phi) is 5.27. The number of esters is 1. The third kappa shape index (κ3) is 3.77. The number of nitrogens with zero attached hydrogens (tertiary/aromatic N) is 2. The van der Waals surface area contributed by atoms with Gasteiger partial charge in [-0.3, -0.25) is 0 Å². The second-order valence-corrected chi connectivity index (χ2v) is 8.14. The summed E-state index contributed by atoms with van der Waals surface area (Å²) in [6, 6.07) is 7.48. The van der Waals surface area contributed by atoms with Crippen molar-refractivity contribution >= 4 is 50.6 Å². The molecule has 1 aliphatic carbocycles. The van der Waals surface area contributed by atoms with Crippen molar-refractivity contribution in [3.63, 3.8) is 0 Å². The molecule has 5 nitrogen and oxygen atoms in total. The van der Waals surface area contributed by atoms with Gasteiger partial charge in [-0.05, 0) is 50.3 Å². The summed E-state index contributed by atoms with van der Waals surface area (Å²) in [5.41, 5.74) is 1.60. The Morgan fingerprint density at radius 3 is 2.78 bits per heavy atom. The lowest BCUT2D eigenvalue weighted by molar-refractivity contribution is 0.0216. The molecule has 0 bridgehead atoms. The van der Waals surface area contributed by atoms with E-state index < -0.39 is 0 Å². The van der Waals surface area contributed by atoms with Crippen LogP contribution in [-0.2, 0) is 4.74 Å². The van der Waals surface area contributed by atoms with Gasteiger partial charge in [0.1, 0.15) is 28.0 Å². The molecule has 0 atom stereocenters. The van der Waals surface area contributed by atoms with E-state index in [-0.39, 0.29) is 12.1 Å². The van der Waals surface area contributed by atoms with Crippen LogP contribution in [0.1, 0.15) is 47.3 Å². The van der Waals surface area contributed by atoms with Crippen molar-refractivity contribution in [1.82, 2.24) is 9.97 Å². The molecule has 1 N–H and O–H groups in total. The average Bonchev–Trinajstić information content (AvgIpc) is 3.02. The van der Waals surface area contributed by atoms with Crippen LogP contribution in [0.15, 0.2) is 30.6 Å². The molecule has 1 fully saturated rings. The Morgan fingerprint density at radius 1 is 1.22 bits per heavy atom. The van der Waals surface area contributed by atoms with Gasteiger partial charge >= 0.3 is 5.97 Å². The fourth-order valence-electron chi connectivity index (χ4n) is 3.44. The van der Waals surface area contributed by atoms with E-state index in [0.717, 1.165) is 47.2 Å². The number of halogens is 1. The van der Waals surface area contributed by atoms with Crippen LogP contribution in [0.4, 0.5) is 11.5 Å². The van der Waals surface area contributed by atoms with Gasteiger partial charge in [0.05, 0.1) is 16.1 Å². The minimum atomic E-state index is -0.258. The fourth-order valence-corrected chi connectivity index (χ4v) is 4.65. The highest BCUT2D eigenvalue weighted by atomic mass is 35.5. The number of thiophene rings is 1. The van der Waals surface area contributed by atoms with Crippen LogP contribution in [-0.4, -0.2) is 22.0 Å². The first-order valence-corrected chi connectivity index (χ1v) is 10.3. The molecular weight excluding hydrogens is 382 g/mol. The van der Waals surface area contributed by atoms with Crippen LogP contribution in [0.25, 0.3) is 10.2 Å². The predicted molar refractivity (Wildman–Crippen MR) is 109 cm³/mol. The van der Waals surface area contributed by atoms with Gasteiger partial charge in [-0.1, -0.05) is 30.2 Å². The molecule has 0 radical (unpaired) electrons. The van der Waals surface area contributed by atoms with Crippen LogP contribution < -0.4 is 5.32 Å². The average molecular weight is 402 g/mol. The highest BCUT2D eigenvalue weighted by Gasteiger charge is 2.24. The minimum Gasteiger partial charge on any atom is -0.458 e. The topological polar surface area (TPSA) is 64.1 Å². The zero-order chi connectivity index (χ0) is 18.8. The minimum absolute atomic E-state index is 0.0302. The molecule has 0 saturated heterocycles. The number of hydrogen-bond acceptors (Lipinski definition) is 6. The van der Waals surface area contributed by atoms with Crippen molar-refractivity contribution in [3.05, 3.63) is 46.1 Å². The van der Waals surface area contributed by atoms with Crippen molar-refractivity contribution in [2.45, 2.75) is 45.1 Å². The van der Waals surface area contributed by atoms with Crippen molar-refractivity contribution in [3.8, 4) is 0 Å². The molecule has 2 heterocycles. The van der Waals surface area contributed by atoms with Gasteiger partial charge in [0.15, 0.2) is 0 Å². The summed E-state index contributed by atoms with van der Waals surface area (Å²) in [4.78, 5) is 22.8. The van der Waals surface area contributed by atoms with Gasteiger partial charge in [0, 0.05) is 0 Å². The number of ether oxygens (including phenoxy) is 1. The van der Waals surface area contributed by atoms with E-state index in [0.29, 0.717) is 15.7 Å². The summed E-state index contributed by atoms with van der Waals surface area (Å²) in [5, 5.41) is 4.70. The molecule has 1 saturated carbocycles. The summed E-state index contributed by atoms with van der Waals surface area (Å²) in [6.07, 6.45) is 6.91. The Hall–Kier alpha value is -2.18.